The van der Waals surface area contributed by atoms with Crippen molar-refractivity contribution in [3.05, 3.63) is 0 Å². The van der Waals surface area contributed by atoms with E-state index in [2.05, 4.69) is 6.92 Å². The van der Waals surface area contributed by atoms with E-state index in [1.54, 1.807) is 13.8 Å². The fourth-order valence-corrected chi connectivity index (χ4v) is 2.28. The predicted octanol–water partition coefficient (Wildman–Crippen LogP) is 2.55. The van der Waals surface area contributed by atoms with Crippen molar-refractivity contribution < 1.29 is 19.1 Å². The molecule has 0 heterocycles. The third-order valence-corrected chi connectivity index (χ3v) is 3.82. The quantitative estimate of drug-likeness (QED) is 0.709. The summed E-state index contributed by atoms with van der Waals surface area (Å²) in [6, 6.07) is 0. The Balaban J connectivity index is 2.51. The van der Waals surface area contributed by atoms with Gasteiger partial charge in [-0.2, -0.15) is 0 Å². The van der Waals surface area contributed by atoms with Crippen molar-refractivity contribution in [1.82, 2.24) is 0 Å². The minimum Gasteiger partial charge on any atom is -0.463 e. The van der Waals surface area contributed by atoms with E-state index in [0.29, 0.717) is 18.4 Å². The van der Waals surface area contributed by atoms with Gasteiger partial charge >= 0.3 is 11.9 Å². The summed E-state index contributed by atoms with van der Waals surface area (Å²) < 4.78 is 10.0. The van der Waals surface area contributed by atoms with Gasteiger partial charge in [0.05, 0.1) is 12.0 Å². The van der Waals surface area contributed by atoms with Crippen LogP contribution in [0.5, 0.6) is 0 Å². The smallest absolute Gasteiger partial charge is 0.347 e. The molecule has 0 aromatic carbocycles. The van der Waals surface area contributed by atoms with Crippen LogP contribution in [0, 0.1) is 17.3 Å². The van der Waals surface area contributed by atoms with E-state index in [0.717, 1.165) is 12.8 Å². The number of carbonyl (C=O) groups is 2. The van der Waals surface area contributed by atoms with Gasteiger partial charge in [-0.1, -0.05) is 6.92 Å². The molecule has 0 aliphatic heterocycles. The zero-order chi connectivity index (χ0) is 13.9. The molecule has 0 unspecified atom stereocenters. The van der Waals surface area contributed by atoms with Gasteiger partial charge in [-0.15, -0.1) is 0 Å². The third kappa shape index (κ3) is 3.24. The van der Waals surface area contributed by atoms with Crippen molar-refractivity contribution in [2.45, 2.75) is 53.6 Å². The molecule has 0 amide bonds. The molecule has 0 aromatic rings. The van der Waals surface area contributed by atoms with Crippen LogP contribution in [0.4, 0.5) is 0 Å². The van der Waals surface area contributed by atoms with Crippen LogP contribution >= 0.6 is 0 Å². The molecule has 1 aliphatic rings. The lowest BCUT2D eigenvalue weighted by Gasteiger charge is -2.42. The molecule has 18 heavy (non-hydrogen) atoms. The number of esters is 2. The Bertz CT molecular complexity index is 316. The van der Waals surface area contributed by atoms with Crippen LogP contribution in [0.15, 0.2) is 0 Å². The summed E-state index contributed by atoms with van der Waals surface area (Å²) in [5.41, 5.74) is -0.521. The molecule has 0 aromatic heterocycles. The van der Waals surface area contributed by atoms with Crippen LogP contribution in [-0.4, -0.2) is 24.6 Å². The summed E-state index contributed by atoms with van der Waals surface area (Å²) in [5, 5.41) is 0. The maximum atomic E-state index is 12.1. The highest BCUT2D eigenvalue weighted by Crippen LogP contribution is 2.45. The van der Waals surface area contributed by atoms with Crippen molar-refractivity contribution >= 4 is 11.9 Å². The van der Waals surface area contributed by atoms with Crippen molar-refractivity contribution in [2.24, 2.45) is 17.3 Å². The molecule has 4 nitrogen and oxygen atoms in total. The minimum atomic E-state index is -0.825. The first-order valence-electron chi connectivity index (χ1n) is 6.66. The maximum absolute atomic E-state index is 12.1. The molecule has 0 spiro atoms. The van der Waals surface area contributed by atoms with E-state index < -0.39 is 17.5 Å². The Kier molecular flexibility index (Phi) is 4.77. The largest absolute Gasteiger partial charge is 0.463 e. The van der Waals surface area contributed by atoms with E-state index >= 15 is 0 Å². The van der Waals surface area contributed by atoms with Gasteiger partial charge in [-0.05, 0) is 52.4 Å². The molecular formula is C14H24O4. The van der Waals surface area contributed by atoms with Gasteiger partial charge in [0.15, 0.2) is 6.10 Å². The first-order chi connectivity index (χ1) is 8.28. The second kappa shape index (κ2) is 5.72. The molecule has 104 valence electrons. The number of ether oxygens (including phenoxy) is 2. The van der Waals surface area contributed by atoms with Crippen molar-refractivity contribution in [1.29, 1.82) is 0 Å². The molecule has 1 rings (SSSR count). The summed E-state index contributed by atoms with van der Waals surface area (Å²) in [5.74, 6) is 0.252. The number of carbonyl (C=O) groups excluding carboxylic acids is 2. The average Bonchev–Trinajstić information content (AvgIpc) is 2.24. The SMILES string of the molecule is CCOC(=O)[C@H](C)OC(=O)C(C)(C)C1CC(C)C1. The molecule has 1 fully saturated rings. The Morgan fingerprint density at radius 3 is 2.33 bits per heavy atom. The van der Waals surface area contributed by atoms with E-state index in [1.807, 2.05) is 13.8 Å². The van der Waals surface area contributed by atoms with E-state index in [4.69, 9.17) is 9.47 Å². The summed E-state index contributed by atoms with van der Waals surface area (Å²) in [6.07, 6.45) is 1.28. The summed E-state index contributed by atoms with van der Waals surface area (Å²) in [6.45, 7) is 9.54. The third-order valence-electron chi connectivity index (χ3n) is 3.82. The molecule has 0 N–H and O–H groups in total. The van der Waals surface area contributed by atoms with Crippen LogP contribution in [0.1, 0.15) is 47.5 Å². The Labute approximate surface area is 109 Å². The lowest BCUT2D eigenvalue weighted by atomic mass is 9.63. The summed E-state index contributed by atoms with van der Waals surface area (Å²) in [7, 11) is 0. The topological polar surface area (TPSA) is 52.6 Å². The zero-order valence-electron chi connectivity index (χ0n) is 12.0. The van der Waals surface area contributed by atoms with Crippen LogP contribution in [0.3, 0.4) is 0 Å². The molecule has 4 heteroatoms. The van der Waals surface area contributed by atoms with Crippen LogP contribution in [0.2, 0.25) is 0 Å². The highest BCUT2D eigenvalue weighted by Gasteiger charge is 2.44. The highest BCUT2D eigenvalue weighted by atomic mass is 16.6. The first kappa shape index (κ1) is 15.0. The molecule has 1 saturated carbocycles. The summed E-state index contributed by atoms with van der Waals surface area (Å²) in [4.78, 5) is 23.5. The Hall–Kier alpha value is -1.06. The Morgan fingerprint density at radius 1 is 1.33 bits per heavy atom. The van der Waals surface area contributed by atoms with Gasteiger partial charge in [-0.25, -0.2) is 4.79 Å². The van der Waals surface area contributed by atoms with Crippen LogP contribution < -0.4 is 0 Å². The van der Waals surface area contributed by atoms with Gasteiger partial charge < -0.3 is 9.47 Å². The number of rotatable bonds is 5. The lowest BCUT2D eigenvalue weighted by molar-refractivity contribution is -0.176. The second-order valence-corrected chi connectivity index (χ2v) is 5.79. The van der Waals surface area contributed by atoms with Gasteiger partial charge in [0.2, 0.25) is 0 Å². The first-order valence-corrected chi connectivity index (χ1v) is 6.66. The van der Waals surface area contributed by atoms with Crippen LogP contribution in [-0.2, 0) is 19.1 Å². The van der Waals surface area contributed by atoms with Crippen LogP contribution in [0.25, 0.3) is 0 Å². The predicted molar refractivity (Wildman–Crippen MR) is 67.9 cm³/mol. The van der Waals surface area contributed by atoms with E-state index in [9.17, 15) is 9.59 Å². The standard InChI is InChI=1S/C14H24O4/c1-6-17-12(15)10(3)18-13(16)14(4,5)11-7-9(2)8-11/h9-11H,6-8H2,1-5H3/t9?,10-,11?/m0/s1. The summed E-state index contributed by atoms with van der Waals surface area (Å²) >= 11 is 0. The fraction of sp³-hybridized carbons (Fsp3) is 0.857. The molecular weight excluding hydrogens is 232 g/mol. The Morgan fingerprint density at radius 2 is 1.89 bits per heavy atom. The molecule has 0 bridgehead atoms. The van der Waals surface area contributed by atoms with Gasteiger partial charge in [0.25, 0.3) is 0 Å². The van der Waals surface area contributed by atoms with Gasteiger partial charge in [0.1, 0.15) is 0 Å². The maximum Gasteiger partial charge on any atom is 0.347 e. The monoisotopic (exact) mass is 256 g/mol. The fourth-order valence-electron chi connectivity index (χ4n) is 2.28. The van der Waals surface area contributed by atoms with Gasteiger partial charge in [0, 0.05) is 0 Å². The molecule has 1 atom stereocenters. The molecule has 1 aliphatic carbocycles. The van der Waals surface area contributed by atoms with E-state index in [1.165, 1.54) is 0 Å². The minimum absolute atomic E-state index is 0.296. The highest BCUT2D eigenvalue weighted by molar-refractivity contribution is 5.82. The van der Waals surface area contributed by atoms with E-state index in [-0.39, 0.29) is 5.97 Å². The second-order valence-electron chi connectivity index (χ2n) is 5.79. The molecule has 0 saturated heterocycles. The van der Waals surface area contributed by atoms with Gasteiger partial charge in [-0.3, -0.25) is 4.79 Å². The molecule has 0 radical (unpaired) electrons. The zero-order valence-corrected chi connectivity index (χ0v) is 12.0. The number of hydrogen-bond acceptors (Lipinski definition) is 4. The normalized spacial score (nSPS) is 24.9. The lowest BCUT2D eigenvalue weighted by Crippen LogP contribution is -2.43. The van der Waals surface area contributed by atoms with Crippen molar-refractivity contribution in [2.75, 3.05) is 6.61 Å². The number of hydrogen-bond donors (Lipinski definition) is 0. The van der Waals surface area contributed by atoms with Crippen molar-refractivity contribution in [3.63, 3.8) is 0 Å². The average molecular weight is 256 g/mol. The van der Waals surface area contributed by atoms with Crippen molar-refractivity contribution in [3.8, 4) is 0 Å².